The van der Waals surface area contributed by atoms with Gasteiger partial charge >= 0.3 is 5.97 Å². The van der Waals surface area contributed by atoms with Crippen LogP contribution < -0.4 is 4.74 Å². The fourth-order valence-corrected chi connectivity index (χ4v) is 1.62. The molecule has 84 valence electrons. The van der Waals surface area contributed by atoms with Crippen molar-refractivity contribution in [3.63, 3.8) is 0 Å². The van der Waals surface area contributed by atoms with E-state index in [1.165, 1.54) is 0 Å². The molecule has 1 aromatic carbocycles. The number of benzene rings is 1. The van der Waals surface area contributed by atoms with Gasteiger partial charge in [0, 0.05) is 6.07 Å². The number of ketones is 1. The lowest BCUT2D eigenvalue weighted by molar-refractivity contribution is -0.145. The molecule has 6 heteroatoms. The summed E-state index contributed by atoms with van der Waals surface area (Å²) < 4.78 is 18.1. The molecule has 1 aliphatic rings. The van der Waals surface area contributed by atoms with Gasteiger partial charge in [-0.15, -0.1) is 0 Å². The Labute approximate surface area is 94.6 Å². The third kappa shape index (κ3) is 1.74. The Morgan fingerprint density at radius 2 is 2.25 bits per heavy atom. The summed E-state index contributed by atoms with van der Waals surface area (Å²) in [7, 11) is 0. The Balaban J connectivity index is 2.46. The van der Waals surface area contributed by atoms with Crippen LogP contribution in [0.25, 0.3) is 0 Å². The molecule has 0 aromatic heterocycles. The van der Waals surface area contributed by atoms with Crippen LogP contribution in [-0.2, 0) is 4.79 Å². The molecule has 0 fully saturated rings. The molecule has 0 unspecified atom stereocenters. The van der Waals surface area contributed by atoms with Crippen LogP contribution >= 0.6 is 11.6 Å². The van der Waals surface area contributed by atoms with Gasteiger partial charge in [-0.25, -0.2) is 9.18 Å². The van der Waals surface area contributed by atoms with E-state index in [1.54, 1.807) is 0 Å². The largest absolute Gasteiger partial charge is 0.478 e. The van der Waals surface area contributed by atoms with Crippen molar-refractivity contribution in [2.45, 2.75) is 12.5 Å². The average Bonchev–Trinajstić information content (AvgIpc) is 2.20. The maximum absolute atomic E-state index is 13.1. The van der Waals surface area contributed by atoms with E-state index in [-0.39, 0.29) is 22.8 Å². The summed E-state index contributed by atoms with van der Waals surface area (Å²) >= 11 is 5.51. The van der Waals surface area contributed by atoms with E-state index in [0.29, 0.717) is 0 Å². The molecule has 0 saturated heterocycles. The number of hydrogen-bond acceptors (Lipinski definition) is 3. The zero-order chi connectivity index (χ0) is 11.9. The number of Topliss-reactive ketones (excluding diaryl/α,β-unsaturated/α-hetero) is 1. The Kier molecular flexibility index (Phi) is 2.55. The van der Waals surface area contributed by atoms with Gasteiger partial charge in [0.05, 0.1) is 17.0 Å². The first-order valence-electron chi connectivity index (χ1n) is 4.40. The van der Waals surface area contributed by atoms with Crippen molar-refractivity contribution < 1.29 is 23.8 Å². The predicted molar refractivity (Wildman–Crippen MR) is 52.4 cm³/mol. The Morgan fingerprint density at radius 1 is 1.56 bits per heavy atom. The normalized spacial score (nSPS) is 18.9. The zero-order valence-corrected chi connectivity index (χ0v) is 8.62. The first-order chi connectivity index (χ1) is 7.49. The van der Waals surface area contributed by atoms with Crippen molar-refractivity contribution >= 4 is 23.4 Å². The number of carboxylic acids is 1. The summed E-state index contributed by atoms with van der Waals surface area (Å²) in [5, 5.41) is 8.52. The van der Waals surface area contributed by atoms with Gasteiger partial charge in [0.15, 0.2) is 5.78 Å². The minimum absolute atomic E-state index is 0.0782. The van der Waals surface area contributed by atoms with E-state index < -0.39 is 23.7 Å². The Bertz CT molecular complexity index is 486. The minimum atomic E-state index is -1.26. The fraction of sp³-hybridized carbons (Fsp3) is 0.200. The van der Waals surface area contributed by atoms with Crippen molar-refractivity contribution in [3.8, 4) is 5.75 Å². The molecule has 1 aliphatic heterocycles. The van der Waals surface area contributed by atoms with Gasteiger partial charge in [-0.05, 0) is 6.07 Å². The molecule has 1 N–H and O–H groups in total. The van der Waals surface area contributed by atoms with E-state index in [2.05, 4.69) is 0 Å². The van der Waals surface area contributed by atoms with Crippen molar-refractivity contribution in [2.75, 3.05) is 0 Å². The van der Waals surface area contributed by atoms with Gasteiger partial charge in [0.1, 0.15) is 11.6 Å². The number of carbonyl (C=O) groups is 2. The van der Waals surface area contributed by atoms with Crippen LogP contribution in [0.5, 0.6) is 5.75 Å². The number of ether oxygens (including phenoxy) is 1. The number of aliphatic carboxylic acids is 1. The summed E-state index contributed by atoms with van der Waals surface area (Å²) in [4.78, 5) is 22.2. The molecule has 0 spiro atoms. The lowest BCUT2D eigenvalue weighted by Gasteiger charge is -2.22. The highest BCUT2D eigenvalue weighted by molar-refractivity contribution is 6.31. The van der Waals surface area contributed by atoms with Gasteiger partial charge in [0.2, 0.25) is 6.10 Å². The summed E-state index contributed by atoms with van der Waals surface area (Å²) in [5.74, 6) is -2.50. The fourth-order valence-electron chi connectivity index (χ4n) is 1.45. The predicted octanol–water partition coefficient (Wildman–Crippen LogP) is 1.90. The third-order valence-electron chi connectivity index (χ3n) is 2.24. The zero-order valence-electron chi connectivity index (χ0n) is 7.87. The number of rotatable bonds is 1. The topological polar surface area (TPSA) is 63.6 Å². The SMILES string of the molecule is O=C1C[C@@H](C(=O)O)Oc2cc(F)c(Cl)cc21. The average molecular weight is 245 g/mol. The molecular weight excluding hydrogens is 239 g/mol. The number of hydrogen-bond donors (Lipinski definition) is 1. The summed E-state index contributed by atoms with van der Waals surface area (Å²) in [6.07, 6.45) is -1.54. The van der Waals surface area contributed by atoms with E-state index in [4.69, 9.17) is 21.4 Å². The molecule has 0 aliphatic carbocycles. The Hall–Kier alpha value is -1.62. The van der Waals surface area contributed by atoms with Gasteiger partial charge in [0.25, 0.3) is 0 Å². The van der Waals surface area contributed by atoms with E-state index in [1.807, 2.05) is 0 Å². The first-order valence-corrected chi connectivity index (χ1v) is 4.78. The summed E-state index contributed by atoms with van der Waals surface area (Å²) in [5.41, 5.74) is 0.115. The highest BCUT2D eigenvalue weighted by Crippen LogP contribution is 2.31. The summed E-state index contributed by atoms with van der Waals surface area (Å²) in [6, 6.07) is 2.07. The summed E-state index contributed by atoms with van der Waals surface area (Å²) in [6.45, 7) is 0. The number of fused-ring (bicyclic) bond motifs is 1. The molecule has 0 amide bonds. The van der Waals surface area contributed by atoms with E-state index >= 15 is 0 Å². The van der Waals surface area contributed by atoms with Crippen molar-refractivity contribution in [1.82, 2.24) is 0 Å². The van der Waals surface area contributed by atoms with E-state index in [9.17, 15) is 14.0 Å². The molecule has 0 radical (unpaired) electrons. The monoisotopic (exact) mass is 244 g/mol. The van der Waals surface area contributed by atoms with Crippen LogP contribution in [0.15, 0.2) is 12.1 Å². The third-order valence-corrected chi connectivity index (χ3v) is 2.53. The van der Waals surface area contributed by atoms with Gasteiger partial charge < -0.3 is 9.84 Å². The van der Waals surface area contributed by atoms with Crippen LogP contribution in [-0.4, -0.2) is 23.0 Å². The van der Waals surface area contributed by atoms with Crippen LogP contribution in [0.4, 0.5) is 4.39 Å². The van der Waals surface area contributed by atoms with Crippen LogP contribution in [0.1, 0.15) is 16.8 Å². The molecule has 1 aromatic rings. The molecular formula is C10H6ClFO4. The van der Waals surface area contributed by atoms with E-state index in [0.717, 1.165) is 12.1 Å². The number of carbonyl (C=O) groups excluding carboxylic acids is 1. The highest BCUT2D eigenvalue weighted by Gasteiger charge is 2.32. The second kappa shape index (κ2) is 3.75. The van der Waals surface area contributed by atoms with Crippen LogP contribution in [0.3, 0.4) is 0 Å². The maximum Gasteiger partial charge on any atom is 0.345 e. The smallest absolute Gasteiger partial charge is 0.345 e. The number of halogens is 2. The molecule has 4 nitrogen and oxygen atoms in total. The molecule has 2 rings (SSSR count). The molecule has 16 heavy (non-hydrogen) atoms. The molecule has 0 saturated carbocycles. The van der Waals surface area contributed by atoms with Crippen molar-refractivity contribution in [1.29, 1.82) is 0 Å². The number of carboxylic acid groups (broad SMARTS) is 1. The lowest BCUT2D eigenvalue weighted by atomic mass is 10.0. The first kappa shape index (κ1) is 10.9. The Morgan fingerprint density at radius 3 is 2.88 bits per heavy atom. The van der Waals surface area contributed by atoms with Crippen molar-refractivity contribution in [2.24, 2.45) is 0 Å². The molecule has 0 bridgehead atoms. The van der Waals surface area contributed by atoms with Crippen molar-refractivity contribution in [3.05, 3.63) is 28.5 Å². The quantitative estimate of drug-likeness (QED) is 0.819. The molecule has 1 heterocycles. The maximum atomic E-state index is 13.1. The van der Waals surface area contributed by atoms with Crippen LogP contribution in [0, 0.1) is 5.82 Å². The van der Waals surface area contributed by atoms with Gasteiger partial charge in [-0.1, -0.05) is 11.6 Å². The highest BCUT2D eigenvalue weighted by atomic mass is 35.5. The standard InChI is InChI=1S/C10H6ClFO4/c11-5-1-4-7(13)3-9(10(14)15)16-8(4)2-6(5)12/h1-2,9H,3H2,(H,14,15)/t9-/m0/s1. The second-order valence-corrected chi connectivity index (χ2v) is 3.74. The second-order valence-electron chi connectivity index (χ2n) is 3.33. The van der Waals surface area contributed by atoms with Crippen LogP contribution in [0.2, 0.25) is 5.02 Å². The van der Waals surface area contributed by atoms with Gasteiger partial charge in [-0.2, -0.15) is 0 Å². The van der Waals surface area contributed by atoms with Gasteiger partial charge in [-0.3, -0.25) is 4.79 Å². The lowest BCUT2D eigenvalue weighted by Crippen LogP contribution is -2.34. The minimum Gasteiger partial charge on any atom is -0.478 e. The molecule has 1 atom stereocenters.